The minimum atomic E-state index is -0.174. The molecule has 2 N–H and O–H groups in total. The first kappa shape index (κ1) is 23.2. The van der Waals surface area contributed by atoms with Gasteiger partial charge in [0.15, 0.2) is 0 Å². The number of aryl methyl sites for hydroxylation is 2. The highest BCUT2D eigenvalue weighted by Gasteiger charge is 2.19. The summed E-state index contributed by atoms with van der Waals surface area (Å²) in [7, 11) is 1.69. The first-order chi connectivity index (χ1) is 16.8. The van der Waals surface area contributed by atoms with Gasteiger partial charge in [0.25, 0.3) is 0 Å². The normalized spacial score (nSPS) is 16.0. The van der Waals surface area contributed by atoms with Crippen molar-refractivity contribution in [3.8, 4) is 33.7 Å². The number of benzene rings is 2. The van der Waals surface area contributed by atoms with Gasteiger partial charge < -0.3 is 19.9 Å². The molecule has 4 aromatic rings. The summed E-state index contributed by atoms with van der Waals surface area (Å²) in [5.74, 6) is 0.170. The van der Waals surface area contributed by atoms with Crippen LogP contribution >= 0.6 is 11.6 Å². The SMILES string of the molecule is Cc1cc(-c2cncc(N3CCN[C@H](C)C3)c2)c(O)c(-c2ccc(-n3ccn(C)c3=O)c(Cl)c2)c1. The molecule has 1 atom stereocenters. The lowest BCUT2D eigenvalue weighted by Crippen LogP contribution is -2.49. The first-order valence-corrected chi connectivity index (χ1v) is 12.0. The summed E-state index contributed by atoms with van der Waals surface area (Å²) in [6.45, 7) is 6.92. The van der Waals surface area contributed by atoms with E-state index in [-0.39, 0.29) is 11.4 Å². The van der Waals surface area contributed by atoms with E-state index < -0.39 is 0 Å². The molecule has 1 aliphatic heterocycles. The summed E-state index contributed by atoms with van der Waals surface area (Å²) in [5.41, 5.74) is 5.49. The van der Waals surface area contributed by atoms with Crippen molar-refractivity contribution < 1.29 is 5.11 Å². The largest absolute Gasteiger partial charge is 0.507 e. The monoisotopic (exact) mass is 489 g/mol. The molecule has 0 spiro atoms. The van der Waals surface area contributed by atoms with Gasteiger partial charge in [0, 0.05) is 68.0 Å². The van der Waals surface area contributed by atoms with E-state index in [1.165, 1.54) is 9.13 Å². The van der Waals surface area contributed by atoms with E-state index in [1.54, 1.807) is 37.8 Å². The van der Waals surface area contributed by atoms with Crippen LogP contribution in [0.1, 0.15) is 12.5 Å². The molecule has 0 bridgehead atoms. The van der Waals surface area contributed by atoms with Gasteiger partial charge in [-0.2, -0.15) is 0 Å². The Morgan fingerprint density at radius 1 is 1.09 bits per heavy atom. The molecule has 1 aliphatic rings. The van der Waals surface area contributed by atoms with E-state index in [9.17, 15) is 9.90 Å². The molecule has 2 aromatic heterocycles. The highest BCUT2D eigenvalue weighted by atomic mass is 35.5. The van der Waals surface area contributed by atoms with E-state index in [4.69, 9.17) is 11.6 Å². The number of phenols is 1. The van der Waals surface area contributed by atoms with Crippen molar-refractivity contribution in [2.75, 3.05) is 24.5 Å². The second kappa shape index (κ2) is 9.24. The summed E-state index contributed by atoms with van der Waals surface area (Å²) in [5, 5.41) is 15.2. The molecule has 0 radical (unpaired) electrons. The third kappa shape index (κ3) is 4.45. The lowest BCUT2D eigenvalue weighted by molar-refractivity contribution is 0.479. The third-order valence-corrected chi connectivity index (χ3v) is 6.79. The summed E-state index contributed by atoms with van der Waals surface area (Å²) in [4.78, 5) is 19.1. The van der Waals surface area contributed by atoms with Gasteiger partial charge in [-0.3, -0.25) is 9.55 Å². The zero-order valence-electron chi connectivity index (χ0n) is 20.0. The van der Waals surface area contributed by atoms with Gasteiger partial charge in [0.2, 0.25) is 0 Å². The number of aromatic nitrogens is 3. The van der Waals surface area contributed by atoms with Crippen molar-refractivity contribution in [1.82, 2.24) is 19.4 Å². The lowest BCUT2D eigenvalue weighted by Gasteiger charge is -2.33. The van der Waals surface area contributed by atoms with Crippen molar-refractivity contribution in [2.45, 2.75) is 19.9 Å². The number of piperazine rings is 1. The molecule has 1 saturated heterocycles. The molecule has 2 aromatic carbocycles. The molecule has 7 nitrogen and oxygen atoms in total. The number of nitrogens with zero attached hydrogens (tertiary/aromatic N) is 4. The molecule has 0 aliphatic carbocycles. The number of pyridine rings is 1. The molecule has 0 saturated carbocycles. The standard InChI is InChI=1S/C27H28ClN5O2/c1-17-10-22(19-4-5-25(24(28)13-19)33-9-8-31(3)27(33)35)26(34)23(11-17)20-12-21(15-29-14-20)32-7-6-30-18(2)16-32/h4-5,8-15,18,30,34H,6-7,16H2,1-3H3/t18-/m1/s1. The Morgan fingerprint density at radius 2 is 1.86 bits per heavy atom. The molecule has 180 valence electrons. The number of aromatic hydroxyl groups is 1. The van der Waals surface area contributed by atoms with E-state index in [1.807, 2.05) is 31.3 Å². The molecule has 35 heavy (non-hydrogen) atoms. The average Bonchev–Trinajstić information content (AvgIpc) is 3.18. The Kier molecular flexibility index (Phi) is 6.13. The predicted octanol–water partition coefficient (Wildman–Crippen LogP) is 4.37. The van der Waals surface area contributed by atoms with Gasteiger partial charge >= 0.3 is 5.69 Å². The van der Waals surface area contributed by atoms with Crippen molar-refractivity contribution in [3.05, 3.63) is 82.3 Å². The molecule has 1 fully saturated rings. The number of imidazole rings is 1. The highest BCUT2D eigenvalue weighted by Crippen LogP contribution is 2.41. The van der Waals surface area contributed by atoms with E-state index in [2.05, 4.69) is 28.2 Å². The smallest absolute Gasteiger partial charge is 0.332 e. The Hall–Kier alpha value is -3.55. The summed E-state index contributed by atoms with van der Waals surface area (Å²) in [6, 6.07) is 11.9. The Labute approximate surface area is 209 Å². The quantitative estimate of drug-likeness (QED) is 0.445. The zero-order chi connectivity index (χ0) is 24.7. The molecule has 3 heterocycles. The number of halogens is 1. The maximum atomic E-state index is 12.4. The first-order valence-electron chi connectivity index (χ1n) is 11.6. The number of anilines is 1. The van der Waals surface area contributed by atoms with Gasteiger partial charge in [0.05, 0.1) is 22.6 Å². The zero-order valence-corrected chi connectivity index (χ0v) is 20.8. The van der Waals surface area contributed by atoms with Crippen LogP contribution in [-0.2, 0) is 7.05 Å². The summed E-state index contributed by atoms with van der Waals surface area (Å²) in [6.07, 6.45) is 7.03. The molecular formula is C27H28ClN5O2. The molecule has 8 heteroatoms. The van der Waals surface area contributed by atoms with Crippen molar-refractivity contribution in [3.63, 3.8) is 0 Å². The van der Waals surface area contributed by atoms with Crippen LogP contribution in [0.3, 0.4) is 0 Å². The van der Waals surface area contributed by atoms with Gasteiger partial charge in [-0.15, -0.1) is 0 Å². The maximum Gasteiger partial charge on any atom is 0.332 e. The molecule has 5 rings (SSSR count). The Balaban J connectivity index is 1.54. The number of phenolic OH excluding ortho intramolecular Hbond substituents is 1. The second-order valence-electron chi connectivity index (χ2n) is 9.17. The predicted molar refractivity (Wildman–Crippen MR) is 141 cm³/mol. The Morgan fingerprint density at radius 3 is 2.54 bits per heavy atom. The summed E-state index contributed by atoms with van der Waals surface area (Å²) >= 11 is 6.59. The highest BCUT2D eigenvalue weighted by molar-refractivity contribution is 6.32. The van der Waals surface area contributed by atoms with Crippen molar-refractivity contribution in [2.24, 2.45) is 7.05 Å². The lowest BCUT2D eigenvalue weighted by atomic mass is 9.95. The third-order valence-electron chi connectivity index (χ3n) is 6.49. The minimum absolute atomic E-state index is 0.170. The maximum absolute atomic E-state index is 12.4. The van der Waals surface area contributed by atoms with Crippen molar-refractivity contribution in [1.29, 1.82) is 0 Å². The van der Waals surface area contributed by atoms with Crippen LogP contribution in [0.4, 0.5) is 5.69 Å². The van der Waals surface area contributed by atoms with Gasteiger partial charge in [-0.25, -0.2) is 4.79 Å². The number of nitrogens with one attached hydrogen (secondary N) is 1. The van der Waals surface area contributed by atoms with E-state index >= 15 is 0 Å². The molecular weight excluding hydrogens is 462 g/mol. The fraction of sp³-hybridized carbons (Fsp3) is 0.259. The van der Waals surface area contributed by atoms with Crippen LogP contribution < -0.4 is 15.9 Å². The van der Waals surface area contributed by atoms with Gasteiger partial charge in [0.1, 0.15) is 5.75 Å². The van der Waals surface area contributed by atoms with Crippen LogP contribution in [0, 0.1) is 6.92 Å². The minimum Gasteiger partial charge on any atom is -0.507 e. The topological polar surface area (TPSA) is 75.3 Å². The van der Waals surface area contributed by atoms with Crippen LogP contribution in [0.2, 0.25) is 5.02 Å². The fourth-order valence-corrected chi connectivity index (χ4v) is 4.92. The average molecular weight is 490 g/mol. The van der Waals surface area contributed by atoms with Crippen molar-refractivity contribution >= 4 is 17.3 Å². The van der Waals surface area contributed by atoms with E-state index in [0.717, 1.165) is 47.6 Å². The van der Waals surface area contributed by atoms with Crippen LogP contribution in [0.5, 0.6) is 5.75 Å². The summed E-state index contributed by atoms with van der Waals surface area (Å²) < 4.78 is 2.99. The van der Waals surface area contributed by atoms with Crippen LogP contribution in [0.25, 0.3) is 27.9 Å². The fourth-order valence-electron chi connectivity index (χ4n) is 4.65. The molecule has 0 amide bonds. The van der Waals surface area contributed by atoms with E-state index in [0.29, 0.717) is 22.3 Å². The van der Waals surface area contributed by atoms with Gasteiger partial charge in [-0.05, 0) is 55.3 Å². The number of hydrogen-bond donors (Lipinski definition) is 2. The number of rotatable bonds is 4. The molecule has 0 unspecified atom stereocenters. The number of hydrogen-bond acceptors (Lipinski definition) is 5. The Bertz CT molecular complexity index is 1460. The van der Waals surface area contributed by atoms with Crippen LogP contribution in [0.15, 0.2) is 66.0 Å². The second-order valence-corrected chi connectivity index (χ2v) is 9.58. The van der Waals surface area contributed by atoms with Gasteiger partial charge in [-0.1, -0.05) is 17.7 Å². The van der Waals surface area contributed by atoms with Crippen LogP contribution in [-0.4, -0.2) is 44.9 Å².